The summed E-state index contributed by atoms with van der Waals surface area (Å²) in [5, 5.41) is 0. The fourth-order valence-electron chi connectivity index (χ4n) is 2.02. The molecule has 2 aromatic carbocycles. The number of benzene rings is 2. The number of ketones is 1. The minimum atomic E-state index is -0.801. The monoisotopic (exact) mass is 268 g/mol. The Morgan fingerprint density at radius 2 is 1.45 bits per heavy atom. The second kappa shape index (κ2) is 6.15. The quantitative estimate of drug-likeness (QED) is 0.631. The number of carbonyl (C=O) groups excluding carboxylic acids is 2. The van der Waals surface area contributed by atoms with Gasteiger partial charge in [-0.25, -0.2) is 4.79 Å². The van der Waals surface area contributed by atoms with Gasteiger partial charge >= 0.3 is 5.97 Å². The Morgan fingerprint density at radius 3 is 2.00 bits per heavy atom. The van der Waals surface area contributed by atoms with Crippen LogP contribution in [0.15, 0.2) is 54.6 Å². The number of esters is 1. The lowest BCUT2D eigenvalue weighted by molar-refractivity contribution is -0.152. The summed E-state index contributed by atoms with van der Waals surface area (Å²) in [7, 11) is 1.21. The minimum absolute atomic E-state index is 0.493. The lowest BCUT2D eigenvalue weighted by Gasteiger charge is -2.10. The highest BCUT2D eigenvalue weighted by molar-refractivity contribution is 6.35. The van der Waals surface area contributed by atoms with Crippen molar-refractivity contribution < 1.29 is 14.3 Å². The van der Waals surface area contributed by atoms with Crippen molar-refractivity contribution in [2.75, 3.05) is 7.11 Å². The Bertz CT molecular complexity index is 600. The van der Waals surface area contributed by atoms with E-state index in [0.29, 0.717) is 0 Å². The first-order valence-corrected chi connectivity index (χ1v) is 6.41. The molecule has 0 aliphatic rings. The first-order valence-electron chi connectivity index (χ1n) is 6.41. The van der Waals surface area contributed by atoms with Crippen LogP contribution in [0.5, 0.6) is 0 Å². The molecule has 0 aliphatic heterocycles. The number of Topliss-reactive ketones (excluding diaryl/α,β-unsaturated/α-hetero) is 1. The van der Waals surface area contributed by atoms with Crippen molar-refractivity contribution >= 4 is 11.8 Å². The van der Waals surface area contributed by atoms with Gasteiger partial charge in [-0.15, -0.1) is 0 Å². The summed E-state index contributed by atoms with van der Waals surface area (Å²) in [5.74, 6) is -1.82. The molecular formula is C17H16O3. The van der Waals surface area contributed by atoms with Gasteiger partial charge in [-0.1, -0.05) is 61.5 Å². The second-order valence-electron chi connectivity index (χ2n) is 4.57. The third-order valence-corrected chi connectivity index (χ3v) is 3.30. The van der Waals surface area contributed by atoms with Crippen LogP contribution < -0.4 is 0 Å². The summed E-state index contributed by atoms with van der Waals surface area (Å²) in [6.07, 6.45) is 0. The zero-order valence-electron chi connectivity index (χ0n) is 11.5. The number of carbonyl (C=O) groups is 2. The fourth-order valence-corrected chi connectivity index (χ4v) is 2.02. The molecule has 0 spiro atoms. The van der Waals surface area contributed by atoms with Crippen LogP contribution in [0.1, 0.15) is 18.4 Å². The van der Waals surface area contributed by atoms with Gasteiger partial charge in [0, 0.05) is 0 Å². The largest absolute Gasteiger partial charge is 0.463 e. The molecule has 0 saturated carbocycles. The van der Waals surface area contributed by atoms with Crippen LogP contribution in [0.3, 0.4) is 0 Å². The van der Waals surface area contributed by atoms with Crippen LogP contribution in [0, 0.1) is 0 Å². The molecule has 3 heteroatoms. The summed E-state index contributed by atoms with van der Waals surface area (Å²) < 4.78 is 4.46. The average Bonchev–Trinajstić information content (AvgIpc) is 2.53. The van der Waals surface area contributed by atoms with Crippen LogP contribution in [0.2, 0.25) is 0 Å². The number of ether oxygens (including phenoxy) is 1. The molecule has 20 heavy (non-hydrogen) atoms. The van der Waals surface area contributed by atoms with E-state index in [1.807, 2.05) is 54.6 Å². The lowest BCUT2D eigenvalue weighted by Crippen LogP contribution is -2.21. The summed E-state index contributed by atoms with van der Waals surface area (Å²) in [6.45, 7) is 1.71. The maximum atomic E-state index is 11.8. The van der Waals surface area contributed by atoms with Crippen LogP contribution in [0.4, 0.5) is 0 Å². The molecule has 0 radical (unpaired) electrons. The van der Waals surface area contributed by atoms with E-state index in [0.717, 1.165) is 16.7 Å². The molecule has 0 bridgehead atoms. The molecule has 3 nitrogen and oxygen atoms in total. The molecule has 0 aliphatic carbocycles. The van der Waals surface area contributed by atoms with Gasteiger partial charge in [0.1, 0.15) is 0 Å². The van der Waals surface area contributed by atoms with E-state index in [-0.39, 0.29) is 0 Å². The van der Waals surface area contributed by atoms with Crippen LogP contribution in [0.25, 0.3) is 11.1 Å². The zero-order chi connectivity index (χ0) is 14.5. The van der Waals surface area contributed by atoms with Gasteiger partial charge in [0.05, 0.1) is 13.0 Å². The predicted octanol–water partition coefficient (Wildman–Crippen LogP) is 3.20. The molecule has 0 heterocycles. The molecule has 0 amide bonds. The van der Waals surface area contributed by atoms with Crippen molar-refractivity contribution in [3.63, 3.8) is 0 Å². The normalized spacial score (nSPS) is 11.7. The molecule has 0 N–H and O–H groups in total. The molecule has 0 aromatic heterocycles. The summed E-state index contributed by atoms with van der Waals surface area (Å²) in [5.41, 5.74) is 3.00. The van der Waals surface area contributed by atoms with Crippen molar-refractivity contribution in [1.29, 1.82) is 0 Å². The summed E-state index contributed by atoms with van der Waals surface area (Å²) in [4.78, 5) is 23.0. The van der Waals surface area contributed by atoms with Gasteiger partial charge < -0.3 is 4.74 Å². The van der Waals surface area contributed by atoms with Crippen molar-refractivity contribution in [1.82, 2.24) is 0 Å². The van der Waals surface area contributed by atoms with Gasteiger partial charge in [0.25, 0.3) is 0 Å². The van der Waals surface area contributed by atoms with E-state index in [1.165, 1.54) is 7.11 Å². The van der Waals surface area contributed by atoms with E-state index < -0.39 is 17.7 Å². The zero-order valence-corrected chi connectivity index (χ0v) is 11.5. The molecule has 1 atom stereocenters. The van der Waals surface area contributed by atoms with Crippen LogP contribution >= 0.6 is 0 Å². The fraction of sp³-hybridized carbons (Fsp3) is 0.176. The molecular weight excluding hydrogens is 252 g/mol. The maximum absolute atomic E-state index is 11.8. The van der Waals surface area contributed by atoms with E-state index in [1.54, 1.807) is 6.92 Å². The standard InChI is InChI=1S/C17H16O3/c1-12(16(18)17(19)20-2)13-8-10-15(11-9-13)14-6-4-3-5-7-14/h3-12H,1-2H3. The topological polar surface area (TPSA) is 43.4 Å². The molecule has 2 rings (SSSR count). The third kappa shape index (κ3) is 2.94. The lowest BCUT2D eigenvalue weighted by atomic mass is 9.94. The Kier molecular flexibility index (Phi) is 4.31. The number of methoxy groups -OCH3 is 1. The van der Waals surface area contributed by atoms with Crippen molar-refractivity contribution in [3.05, 3.63) is 60.2 Å². The number of hydrogen-bond donors (Lipinski definition) is 0. The maximum Gasteiger partial charge on any atom is 0.374 e. The van der Waals surface area contributed by atoms with Gasteiger partial charge in [-0.2, -0.15) is 0 Å². The van der Waals surface area contributed by atoms with Crippen molar-refractivity contribution in [3.8, 4) is 11.1 Å². The highest BCUT2D eigenvalue weighted by Crippen LogP contribution is 2.23. The Labute approximate surface area is 118 Å². The first-order chi connectivity index (χ1) is 9.63. The number of rotatable bonds is 4. The van der Waals surface area contributed by atoms with Gasteiger partial charge in [-0.05, 0) is 16.7 Å². The molecule has 102 valence electrons. The molecule has 0 fully saturated rings. The predicted molar refractivity (Wildman–Crippen MR) is 77.3 cm³/mol. The molecule has 1 unspecified atom stereocenters. The third-order valence-electron chi connectivity index (χ3n) is 3.30. The molecule has 2 aromatic rings. The van der Waals surface area contributed by atoms with E-state index in [2.05, 4.69) is 4.74 Å². The second-order valence-corrected chi connectivity index (χ2v) is 4.57. The summed E-state index contributed by atoms with van der Waals surface area (Å²) >= 11 is 0. The Hall–Kier alpha value is -2.42. The first kappa shape index (κ1) is 14.0. The SMILES string of the molecule is COC(=O)C(=O)C(C)c1ccc(-c2ccccc2)cc1. The average molecular weight is 268 g/mol. The van der Waals surface area contributed by atoms with Crippen molar-refractivity contribution in [2.24, 2.45) is 0 Å². The summed E-state index contributed by atoms with van der Waals surface area (Å²) in [6, 6.07) is 17.6. The van der Waals surface area contributed by atoms with E-state index >= 15 is 0 Å². The highest BCUT2D eigenvalue weighted by atomic mass is 16.5. The van der Waals surface area contributed by atoms with Crippen LogP contribution in [-0.2, 0) is 14.3 Å². The van der Waals surface area contributed by atoms with Crippen molar-refractivity contribution in [2.45, 2.75) is 12.8 Å². The highest BCUT2D eigenvalue weighted by Gasteiger charge is 2.23. The number of hydrogen-bond acceptors (Lipinski definition) is 3. The Balaban J connectivity index is 2.20. The minimum Gasteiger partial charge on any atom is -0.463 e. The van der Waals surface area contributed by atoms with Crippen LogP contribution in [-0.4, -0.2) is 18.9 Å². The Morgan fingerprint density at radius 1 is 0.900 bits per heavy atom. The van der Waals surface area contributed by atoms with E-state index in [4.69, 9.17) is 0 Å². The smallest absolute Gasteiger partial charge is 0.374 e. The molecule has 0 saturated heterocycles. The van der Waals surface area contributed by atoms with Gasteiger partial charge in [-0.3, -0.25) is 4.79 Å². The van der Waals surface area contributed by atoms with E-state index in [9.17, 15) is 9.59 Å². The van der Waals surface area contributed by atoms with Gasteiger partial charge in [0.2, 0.25) is 5.78 Å². The van der Waals surface area contributed by atoms with Gasteiger partial charge in [0.15, 0.2) is 0 Å².